The Morgan fingerprint density at radius 3 is 2.71 bits per heavy atom. The molecule has 0 radical (unpaired) electrons. The first-order valence-electron chi connectivity index (χ1n) is 7.02. The standard InChI is InChI=1S/C17H19F2NO/c1-2-8-21-15-5-3-4-12(10-15)17(20)11-13-9-14(18)6-7-16(13)19/h3-7,9-10,17H,2,8,11,20H2,1H3. The molecular weight excluding hydrogens is 272 g/mol. The van der Waals surface area contributed by atoms with Gasteiger partial charge in [-0.25, -0.2) is 8.78 Å². The summed E-state index contributed by atoms with van der Waals surface area (Å²) in [5.74, 6) is -0.159. The van der Waals surface area contributed by atoms with Gasteiger partial charge in [0.1, 0.15) is 17.4 Å². The van der Waals surface area contributed by atoms with Gasteiger partial charge in [0.05, 0.1) is 6.61 Å². The van der Waals surface area contributed by atoms with Crippen LogP contribution in [0, 0.1) is 11.6 Å². The minimum atomic E-state index is -0.460. The third-order valence-electron chi connectivity index (χ3n) is 3.21. The second-order valence-corrected chi connectivity index (χ2v) is 4.97. The lowest BCUT2D eigenvalue weighted by Crippen LogP contribution is -2.14. The predicted octanol–water partition coefficient (Wildman–Crippen LogP) is 4.00. The fraction of sp³-hybridized carbons (Fsp3) is 0.294. The average molecular weight is 291 g/mol. The van der Waals surface area contributed by atoms with Crippen molar-refractivity contribution in [2.75, 3.05) is 6.61 Å². The van der Waals surface area contributed by atoms with Gasteiger partial charge in [-0.2, -0.15) is 0 Å². The van der Waals surface area contributed by atoms with Crippen LogP contribution in [0.15, 0.2) is 42.5 Å². The Kier molecular flexibility index (Phi) is 5.28. The van der Waals surface area contributed by atoms with Crippen LogP contribution in [-0.2, 0) is 6.42 Å². The lowest BCUT2D eigenvalue weighted by molar-refractivity contribution is 0.317. The largest absolute Gasteiger partial charge is 0.494 e. The van der Waals surface area contributed by atoms with Crippen molar-refractivity contribution in [3.05, 3.63) is 65.2 Å². The van der Waals surface area contributed by atoms with Crippen LogP contribution in [0.2, 0.25) is 0 Å². The van der Waals surface area contributed by atoms with Crippen molar-refractivity contribution < 1.29 is 13.5 Å². The Morgan fingerprint density at radius 2 is 1.95 bits per heavy atom. The molecule has 0 aromatic heterocycles. The molecule has 0 saturated carbocycles. The van der Waals surface area contributed by atoms with Crippen LogP contribution >= 0.6 is 0 Å². The molecule has 2 N–H and O–H groups in total. The Balaban J connectivity index is 2.12. The zero-order valence-electron chi connectivity index (χ0n) is 12.0. The Morgan fingerprint density at radius 1 is 1.14 bits per heavy atom. The number of benzene rings is 2. The molecule has 2 aromatic rings. The van der Waals surface area contributed by atoms with Gasteiger partial charge in [0.25, 0.3) is 0 Å². The van der Waals surface area contributed by atoms with Crippen LogP contribution in [-0.4, -0.2) is 6.61 Å². The minimum Gasteiger partial charge on any atom is -0.494 e. The highest BCUT2D eigenvalue weighted by Gasteiger charge is 2.12. The summed E-state index contributed by atoms with van der Waals surface area (Å²) in [6, 6.07) is 10.4. The maximum absolute atomic E-state index is 13.6. The zero-order chi connectivity index (χ0) is 15.2. The van der Waals surface area contributed by atoms with Crippen LogP contribution in [0.25, 0.3) is 0 Å². The first-order valence-corrected chi connectivity index (χ1v) is 7.02. The molecule has 0 bridgehead atoms. The maximum atomic E-state index is 13.6. The van der Waals surface area contributed by atoms with Gasteiger partial charge in [-0.1, -0.05) is 19.1 Å². The molecule has 0 spiro atoms. The topological polar surface area (TPSA) is 35.2 Å². The van der Waals surface area contributed by atoms with E-state index in [1.54, 1.807) is 0 Å². The van der Waals surface area contributed by atoms with Crippen molar-refractivity contribution in [1.82, 2.24) is 0 Å². The molecule has 0 heterocycles. The van der Waals surface area contributed by atoms with Gasteiger partial charge in [0.2, 0.25) is 0 Å². The highest BCUT2D eigenvalue weighted by atomic mass is 19.1. The summed E-state index contributed by atoms with van der Waals surface area (Å²) in [5, 5.41) is 0. The molecule has 4 heteroatoms. The second-order valence-electron chi connectivity index (χ2n) is 4.97. The lowest BCUT2D eigenvalue weighted by Gasteiger charge is -2.14. The summed E-state index contributed by atoms with van der Waals surface area (Å²) in [4.78, 5) is 0. The van der Waals surface area contributed by atoms with Crippen LogP contribution in [0.4, 0.5) is 8.78 Å². The monoisotopic (exact) mass is 291 g/mol. The normalized spacial score (nSPS) is 12.2. The van der Waals surface area contributed by atoms with Gasteiger partial charge in [-0.05, 0) is 54.3 Å². The molecule has 112 valence electrons. The zero-order valence-corrected chi connectivity index (χ0v) is 12.0. The second kappa shape index (κ2) is 7.18. The third-order valence-corrected chi connectivity index (χ3v) is 3.21. The molecule has 0 aliphatic heterocycles. The van der Waals surface area contributed by atoms with Gasteiger partial charge in [-0.3, -0.25) is 0 Å². The van der Waals surface area contributed by atoms with E-state index in [1.165, 1.54) is 6.07 Å². The molecule has 1 unspecified atom stereocenters. The van der Waals surface area contributed by atoms with Crippen molar-refractivity contribution in [3.8, 4) is 5.75 Å². The summed E-state index contributed by atoms with van der Waals surface area (Å²) in [6.07, 6.45) is 1.16. The van der Waals surface area contributed by atoms with Gasteiger partial charge in [-0.15, -0.1) is 0 Å². The Labute approximate surface area is 123 Å². The molecule has 0 amide bonds. The molecule has 0 aliphatic carbocycles. The maximum Gasteiger partial charge on any atom is 0.126 e. The molecule has 0 fully saturated rings. The number of hydrogen-bond donors (Lipinski definition) is 1. The van der Waals surface area contributed by atoms with Gasteiger partial charge in [0, 0.05) is 6.04 Å². The Hall–Kier alpha value is -1.94. The van der Waals surface area contributed by atoms with E-state index in [4.69, 9.17) is 10.5 Å². The van der Waals surface area contributed by atoms with Gasteiger partial charge >= 0.3 is 0 Å². The predicted molar refractivity (Wildman–Crippen MR) is 79.2 cm³/mol. The smallest absolute Gasteiger partial charge is 0.126 e. The number of ether oxygens (including phenoxy) is 1. The fourth-order valence-electron chi connectivity index (χ4n) is 2.11. The van der Waals surface area contributed by atoms with E-state index in [0.29, 0.717) is 6.61 Å². The van der Waals surface area contributed by atoms with Gasteiger partial charge in [0.15, 0.2) is 0 Å². The van der Waals surface area contributed by atoms with Crippen LogP contribution in [0.1, 0.15) is 30.5 Å². The quantitative estimate of drug-likeness (QED) is 0.873. The van der Waals surface area contributed by atoms with Crippen LogP contribution in [0.3, 0.4) is 0 Å². The van der Waals surface area contributed by atoms with Gasteiger partial charge < -0.3 is 10.5 Å². The molecule has 0 aliphatic rings. The van der Waals surface area contributed by atoms with E-state index in [1.807, 2.05) is 31.2 Å². The van der Waals surface area contributed by atoms with Crippen molar-refractivity contribution >= 4 is 0 Å². The first-order chi connectivity index (χ1) is 10.1. The molecule has 2 rings (SSSR count). The van der Waals surface area contributed by atoms with E-state index in [2.05, 4.69) is 0 Å². The number of hydrogen-bond acceptors (Lipinski definition) is 2. The molecule has 0 saturated heterocycles. The number of rotatable bonds is 6. The fourth-order valence-corrected chi connectivity index (χ4v) is 2.11. The third kappa shape index (κ3) is 4.26. The van der Waals surface area contributed by atoms with Crippen LogP contribution in [0.5, 0.6) is 5.75 Å². The molecular formula is C17H19F2NO. The van der Waals surface area contributed by atoms with Crippen molar-refractivity contribution in [3.63, 3.8) is 0 Å². The van der Waals surface area contributed by atoms with E-state index in [9.17, 15) is 8.78 Å². The summed E-state index contributed by atoms with van der Waals surface area (Å²) in [5.41, 5.74) is 7.22. The van der Waals surface area contributed by atoms with Crippen LogP contribution < -0.4 is 10.5 Å². The van der Waals surface area contributed by atoms with Crippen molar-refractivity contribution in [1.29, 1.82) is 0 Å². The van der Waals surface area contributed by atoms with E-state index >= 15 is 0 Å². The molecule has 2 nitrogen and oxygen atoms in total. The summed E-state index contributed by atoms with van der Waals surface area (Å²) < 4.78 is 32.4. The van der Waals surface area contributed by atoms with Crippen molar-refractivity contribution in [2.24, 2.45) is 5.73 Å². The molecule has 1 atom stereocenters. The van der Waals surface area contributed by atoms with E-state index in [-0.39, 0.29) is 12.0 Å². The first kappa shape index (κ1) is 15.4. The van der Waals surface area contributed by atoms with E-state index < -0.39 is 17.7 Å². The van der Waals surface area contributed by atoms with Crippen molar-refractivity contribution in [2.45, 2.75) is 25.8 Å². The van der Waals surface area contributed by atoms with E-state index in [0.717, 1.165) is 29.9 Å². The number of halogens is 2. The Bertz CT molecular complexity index is 601. The molecule has 2 aromatic carbocycles. The lowest BCUT2D eigenvalue weighted by atomic mass is 9.99. The highest BCUT2D eigenvalue weighted by Crippen LogP contribution is 2.22. The highest BCUT2D eigenvalue weighted by molar-refractivity contribution is 5.32. The SMILES string of the molecule is CCCOc1cccc(C(N)Cc2cc(F)ccc2F)c1. The molecule has 21 heavy (non-hydrogen) atoms. The summed E-state index contributed by atoms with van der Waals surface area (Å²) >= 11 is 0. The number of nitrogens with two attached hydrogens (primary N) is 1. The average Bonchev–Trinajstić information content (AvgIpc) is 2.49. The summed E-state index contributed by atoms with van der Waals surface area (Å²) in [7, 11) is 0. The summed E-state index contributed by atoms with van der Waals surface area (Å²) in [6.45, 7) is 2.67. The minimum absolute atomic E-state index is 0.237.